The molecule has 0 unspecified atom stereocenters. The van der Waals surface area contributed by atoms with Crippen LogP contribution in [0.25, 0.3) is 17.0 Å². The van der Waals surface area contributed by atoms with Gasteiger partial charge in [-0.15, -0.1) is 0 Å². The van der Waals surface area contributed by atoms with E-state index >= 15 is 0 Å². The number of carboxylic acids is 1. The maximum Gasteiger partial charge on any atom is 0.370 e. The van der Waals surface area contributed by atoms with Crippen LogP contribution in [0.2, 0.25) is 0 Å². The highest BCUT2D eigenvalue weighted by molar-refractivity contribution is 5.86. The molecule has 5 nitrogen and oxygen atoms in total. The normalized spacial score (nSPS) is 12.2. The number of carbonyl (C=O) groups is 1. The van der Waals surface area contributed by atoms with Crippen LogP contribution in [0.15, 0.2) is 42.2 Å². The highest BCUT2D eigenvalue weighted by Gasteiger charge is 2.05. The number of carboxylic acid groups (broad SMARTS) is 1. The van der Waals surface area contributed by atoms with E-state index in [1.54, 1.807) is 13.2 Å². The van der Waals surface area contributed by atoms with Crippen molar-refractivity contribution >= 4 is 22.9 Å². The summed E-state index contributed by atoms with van der Waals surface area (Å²) in [5, 5.41) is 18.6. The van der Waals surface area contributed by atoms with Crippen molar-refractivity contribution in [3.63, 3.8) is 0 Å². The van der Waals surface area contributed by atoms with E-state index in [1.165, 1.54) is 6.08 Å². The van der Waals surface area contributed by atoms with Crippen LogP contribution < -0.4 is 4.74 Å². The molecule has 0 radical (unpaired) electrons. The topological polar surface area (TPSA) is 71.7 Å². The molecule has 0 aliphatic rings. The molecule has 5 heteroatoms. The highest BCUT2D eigenvalue weighted by Crippen LogP contribution is 2.24. The fourth-order valence-electron chi connectivity index (χ4n) is 1.94. The van der Waals surface area contributed by atoms with Crippen LogP contribution in [-0.2, 0) is 11.8 Å². The lowest BCUT2D eigenvalue weighted by Crippen LogP contribution is -1.97. The molecule has 0 amide bonds. The first-order valence-electron chi connectivity index (χ1n) is 5.97. The monoisotopic (exact) mass is 273 g/mol. The number of ether oxygens (including phenoxy) is 1. The Morgan fingerprint density at radius 3 is 2.70 bits per heavy atom. The molecule has 0 aliphatic heterocycles. The summed E-state index contributed by atoms with van der Waals surface area (Å²) in [6, 6.07) is 7.72. The van der Waals surface area contributed by atoms with E-state index in [0.717, 1.165) is 28.4 Å². The number of benzene rings is 1. The number of aromatic nitrogens is 1. The Morgan fingerprint density at radius 1 is 1.30 bits per heavy atom. The van der Waals surface area contributed by atoms with E-state index in [4.69, 9.17) is 14.9 Å². The average Bonchev–Trinajstić information content (AvgIpc) is 2.74. The fraction of sp³-hybridized carbons (Fsp3) is 0.133. The SMILES string of the molecule is COc1ccc2c(c1)cc(/C=C/C=C(\O)C(=O)O)n2C. The molecule has 2 aromatic rings. The number of allylic oxidation sites excluding steroid dienone is 2. The fourth-order valence-corrected chi connectivity index (χ4v) is 1.94. The molecule has 0 bridgehead atoms. The highest BCUT2D eigenvalue weighted by atomic mass is 16.5. The van der Waals surface area contributed by atoms with Gasteiger partial charge in [-0.2, -0.15) is 0 Å². The predicted molar refractivity (Wildman–Crippen MR) is 76.9 cm³/mol. The lowest BCUT2D eigenvalue weighted by molar-refractivity contribution is -0.135. The number of hydrogen-bond acceptors (Lipinski definition) is 3. The van der Waals surface area contributed by atoms with Crippen molar-refractivity contribution < 1.29 is 19.7 Å². The van der Waals surface area contributed by atoms with Crippen LogP contribution in [-0.4, -0.2) is 27.9 Å². The van der Waals surface area contributed by atoms with Gasteiger partial charge in [-0.25, -0.2) is 4.79 Å². The maximum absolute atomic E-state index is 10.4. The molecule has 0 spiro atoms. The van der Waals surface area contributed by atoms with Crippen molar-refractivity contribution in [2.24, 2.45) is 7.05 Å². The number of aliphatic hydroxyl groups is 1. The molecule has 0 saturated heterocycles. The van der Waals surface area contributed by atoms with Crippen LogP contribution in [0.4, 0.5) is 0 Å². The van der Waals surface area contributed by atoms with Gasteiger partial charge >= 0.3 is 5.97 Å². The summed E-state index contributed by atoms with van der Waals surface area (Å²) in [4.78, 5) is 10.4. The van der Waals surface area contributed by atoms with Gasteiger partial charge in [-0.3, -0.25) is 0 Å². The summed E-state index contributed by atoms with van der Waals surface area (Å²) < 4.78 is 7.14. The summed E-state index contributed by atoms with van der Waals surface area (Å²) in [6.45, 7) is 0. The number of hydrogen-bond donors (Lipinski definition) is 2. The molecular formula is C15H15NO4. The molecule has 1 aromatic carbocycles. The van der Waals surface area contributed by atoms with E-state index in [9.17, 15) is 4.79 Å². The van der Waals surface area contributed by atoms with E-state index in [1.807, 2.05) is 35.9 Å². The molecule has 1 aromatic heterocycles. The van der Waals surface area contributed by atoms with Crippen LogP contribution in [0.5, 0.6) is 5.75 Å². The maximum atomic E-state index is 10.4. The molecule has 2 N–H and O–H groups in total. The van der Waals surface area contributed by atoms with Crippen LogP contribution >= 0.6 is 0 Å². The zero-order chi connectivity index (χ0) is 14.7. The van der Waals surface area contributed by atoms with Crippen molar-refractivity contribution in [1.29, 1.82) is 0 Å². The molecule has 2 rings (SSSR count). The molecule has 0 fully saturated rings. The first kappa shape index (κ1) is 13.7. The van der Waals surface area contributed by atoms with Gasteiger partial charge < -0.3 is 19.5 Å². The number of aryl methyl sites for hydroxylation is 1. The van der Waals surface area contributed by atoms with Crippen molar-refractivity contribution in [3.8, 4) is 5.75 Å². The van der Waals surface area contributed by atoms with Crippen LogP contribution in [0.1, 0.15) is 5.69 Å². The van der Waals surface area contributed by atoms with Gasteiger partial charge in [0.15, 0.2) is 0 Å². The molecule has 20 heavy (non-hydrogen) atoms. The average molecular weight is 273 g/mol. The zero-order valence-corrected chi connectivity index (χ0v) is 11.2. The summed E-state index contributed by atoms with van der Waals surface area (Å²) in [7, 11) is 3.53. The van der Waals surface area contributed by atoms with E-state index in [2.05, 4.69) is 0 Å². The number of nitrogens with zero attached hydrogens (tertiary/aromatic N) is 1. The Bertz CT molecular complexity index is 710. The van der Waals surface area contributed by atoms with Gasteiger partial charge in [0.1, 0.15) is 5.75 Å². The van der Waals surface area contributed by atoms with Crippen LogP contribution in [0.3, 0.4) is 0 Å². The van der Waals surface area contributed by atoms with Gasteiger partial charge in [0.05, 0.1) is 7.11 Å². The van der Waals surface area contributed by atoms with Crippen molar-refractivity contribution in [3.05, 3.63) is 47.9 Å². The Balaban J connectivity index is 2.36. The minimum atomic E-state index is -1.35. The van der Waals surface area contributed by atoms with Crippen molar-refractivity contribution in [1.82, 2.24) is 4.57 Å². The second kappa shape index (κ2) is 5.52. The quantitative estimate of drug-likeness (QED) is 0.510. The summed E-state index contributed by atoms with van der Waals surface area (Å²) >= 11 is 0. The molecule has 0 aliphatic carbocycles. The summed E-state index contributed by atoms with van der Waals surface area (Å²) in [5.74, 6) is -1.26. The summed E-state index contributed by atoms with van der Waals surface area (Å²) in [6.07, 6.45) is 4.36. The second-order valence-electron chi connectivity index (χ2n) is 4.27. The third kappa shape index (κ3) is 2.66. The number of aliphatic carboxylic acids is 1. The van der Waals surface area contributed by atoms with Crippen LogP contribution in [0, 0.1) is 0 Å². The number of rotatable bonds is 4. The Labute approximate surface area is 116 Å². The second-order valence-corrected chi connectivity index (χ2v) is 4.27. The summed E-state index contributed by atoms with van der Waals surface area (Å²) in [5.41, 5.74) is 1.93. The minimum Gasteiger partial charge on any atom is -0.502 e. The Morgan fingerprint density at radius 2 is 2.05 bits per heavy atom. The van der Waals surface area contributed by atoms with Gasteiger partial charge in [0.2, 0.25) is 5.76 Å². The van der Waals surface area contributed by atoms with Gasteiger partial charge in [-0.1, -0.05) is 6.08 Å². The molecule has 104 valence electrons. The molecule has 0 atom stereocenters. The standard InChI is InChI=1S/C15H15NO4/c1-16-11(4-3-5-14(17)15(18)19)8-10-9-12(20-2)6-7-13(10)16/h3-9,17H,1-2H3,(H,18,19)/b4-3+,14-5-. The van der Waals surface area contributed by atoms with Gasteiger partial charge in [-0.05, 0) is 36.4 Å². The minimum absolute atomic E-state index is 0.693. The number of aliphatic hydroxyl groups excluding tert-OH is 1. The van der Waals surface area contributed by atoms with Crippen molar-refractivity contribution in [2.75, 3.05) is 7.11 Å². The third-order valence-corrected chi connectivity index (χ3v) is 3.03. The van der Waals surface area contributed by atoms with E-state index in [0.29, 0.717) is 0 Å². The first-order chi connectivity index (χ1) is 9.52. The largest absolute Gasteiger partial charge is 0.502 e. The lowest BCUT2D eigenvalue weighted by atomic mass is 10.2. The van der Waals surface area contributed by atoms with Gasteiger partial charge in [0.25, 0.3) is 0 Å². The van der Waals surface area contributed by atoms with E-state index < -0.39 is 11.7 Å². The van der Waals surface area contributed by atoms with Gasteiger partial charge in [0, 0.05) is 23.6 Å². The lowest BCUT2D eigenvalue weighted by Gasteiger charge is -2.01. The van der Waals surface area contributed by atoms with E-state index in [-0.39, 0.29) is 0 Å². The zero-order valence-electron chi connectivity index (χ0n) is 11.2. The number of fused-ring (bicyclic) bond motifs is 1. The predicted octanol–water partition coefficient (Wildman–Crippen LogP) is 2.73. The number of methoxy groups -OCH3 is 1. The molecular weight excluding hydrogens is 258 g/mol. The van der Waals surface area contributed by atoms with Crippen molar-refractivity contribution in [2.45, 2.75) is 0 Å². The first-order valence-corrected chi connectivity index (χ1v) is 5.97. The molecule has 0 saturated carbocycles. The Kier molecular flexibility index (Phi) is 3.79. The smallest absolute Gasteiger partial charge is 0.370 e. The third-order valence-electron chi connectivity index (χ3n) is 3.03. The molecule has 1 heterocycles. The Hall–Kier alpha value is -2.69.